The smallest absolute Gasteiger partial charge is 0.261 e. The first kappa shape index (κ1) is 29.8. The zero-order valence-electron chi connectivity index (χ0n) is 21.4. The summed E-state index contributed by atoms with van der Waals surface area (Å²) in [7, 11) is -6.52. The molecule has 38 heavy (non-hydrogen) atoms. The number of anilines is 1. The van der Waals surface area contributed by atoms with E-state index in [0.29, 0.717) is 11.1 Å². The summed E-state index contributed by atoms with van der Waals surface area (Å²) in [6.07, 6.45) is 0.942. The minimum Gasteiger partial charge on any atom is -0.506 e. The largest absolute Gasteiger partial charge is 0.506 e. The van der Waals surface area contributed by atoms with Crippen LogP contribution in [0.1, 0.15) is 31.9 Å². The van der Waals surface area contributed by atoms with E-state index in [1.54, 1.807) is 27.7 Å². The van der Waals surface area contributed by atoms with Crippen molar-refractivity contribution in [1.82, 2.24) is 4.72 Å². The summed E-state index contributed by atoms with van der Waals surface area (Å²) in [6, 6.07) is 8.17. The molecule has 0 heterocycles. The first-order valence-corrected chi connectivity index (χ1v) is 16.7. The van der Waals surface area contributed by atoms with Crippen molar-refractivity contribution in [2.75, 3.05) is 11.0 Å². The average molecular weight is 603 g/mol. The molecular formula is C23H27ClN4O7S3. The lowest BCUT2D eigenvalue weighted by Gasteiger charge is -2.21. The topological polar surface area (TPSA) is 171 Å². The van der Waals surface area contributed by atoms with Crippen molar-refractivity contribution in [1.29, 1.82) is 0 Å². The minimum atomic E-state index is -4.25. The minimum absolute atomic E-state index is 0.0147. The van der Waals surface area contributed by atoms with Crippen molar-refractivity contribution in [2.24, 2.45) is 10.2 Å². The number of hydrogen-bond acceptors (Lipinski definition) is 9. The van der Waals surface area contributed by atoms with Crippen LogP contribution in [0.5, 0.6) is 5.75 Å². The molecule has 0 spiro atoms. The van der Waals surface area contributed by atoms with E-state index >= 15 is 0 Å². The zero-order valence-corrected chi connectivity index (χ0v) is 24.6. The van der Waals surface area contributed by atoms with Gasteiger partial charge in [-0.25, -0.2) is 30.0 Å². The molecule has 0 radical (unpaired) electrons. The Labute approximate surface area is 226 Å². The fourth-order valence-corrected chi connectivity index (χ4v) is 7.08. The van der Waals surface area contributed by atoms with Gasteiger partial charge >= 0.3 is 0 Å². The molecule has 0 fully saturated rings. The number of aryl methyl sites for hydroxylation is 2. The molecule has 0 saturated heterocycles. The van der Waals surface area contributed by atoms with Gasteiger partial charge < -0.3 is 5.11 Å². The third-order valence-electron chi connectivity index (χ3n) is 5.12. The molecule has 3 N–H and O–H groups in total. The number of benzene rings is 3. The van der Waals surface area contributed by atoms with E-state index in [0.717, 1.165) is 12.3 Å². The predicted octanol–water partition coefficient (Wildman–Crippen LogP) is 4.95. The van der Waals surface area contributed by atoms with E-state index in [1.807, 2.05) is 0 Å². The number of hydrogen-bond donors (Lipinski definition) is 3. The lowest BCUT2D eigenvalue weighted by Crippen LogP contribution is -2.40. The molecule has 0 bridgehead atoms. The van der Waals surface area contributed by atoms with Gasteiger partial charge in [-0.05, 0) is 70.0 Å². The van der Waals surface area contributed by atoms with Crippen LogP contribution >= 0.6 is 10.7 Å². The second-order valence-corrected chi connectivity index (χ2v) is 15.7. The van der Waals surface area contributed by atoms with Gasteiger partial charge in [-0.2, -0.15) is 5.11 Å². The Morgan fingerprint density at radius 1 is 0.868 bits per heavy atom. The number of halogens is 1. The maximum Gasteiger partial charge on any atom is 0.261 e. The Kier molecular flexibility index (Phi) is 7.89. The van der Waals surface area contributed by atoms with Gasteiger partial charge in [0.2, 0.25) is 20.0 Å². The monoisotopic (exact) mass is 602 g/mol. The summed E-state index contributed by atoms with van der Waals surface area (Å²) in [6.45, 7) is 8.02. The van der Waals surface area contributed by atoms with Gasteiger partial charge in [0.15, 0.2) is 0 Å². The molecular weight excluding hydrogens is 576 g/mol. The first-order valence-electron chi connectivity index (χ1n) is 11.0. The maximum atomic E-state index is 13.2. The molecule has 3 aromatic carbocycles. The third kappa shape index (κ3) is 6.80. The number of nitrogens with zero attached hydrogens (tertiary/aromatic N) is 2. The highest BCUT2D eigenvalue weighted by Gasteiger charge is 2.28. The number of rotatable bonds is 7. The molecule has 0 unspecified atom stereocenters. The molecule has 0 amide bonds. The standard InChI is InChI=1S/C23H27ClN4O7S3/c1-13-11-19(37(24,32)33)14(2)10-17(13)25-26-18-12-20(38(34,35)28-23(3,4)5)22(29)15-8-7-9-16(21(15)18)27-36(6,30)31/h7-12,27-29H,1-6H3. The molecule has 15 heteroatoms. The number of azo groups is 1. The van der Waals surface area contributed by atoms with Crippen LogP contribution in [0, 0.1) is 13.8 Å². The van der Waals surface area contributed by atoms with E-state index in [-0.39, 0.29) is 32.7 Å². The van der Waals surface area contributed by atoms with Gasteiger partial charge in [-0.15, -0.1) is 5.11 Å². The number of nitrogens with one attached hydrogen (secondary N) is 2. The Balaban J connectivity index is 2.35. The van der Waals surface area contributed by atoms with Gasteiger partial charge in [0.25, 0.3) is 9.05 Å². The van der Waals surface area contributed by atoms with Crippen LogP contribution < -0.4 is 9.44 Å². The number of phenolic OH excluding ortho intramolecular Hbond substituents is 1. The van der Waals surface area contributed by atoms with Crippen molar-refractivity contribution < 1.29 is 30.4 Å². The van der Waals surface area contributed by atoms with Crippen LogP contribution in [0.15, 0.2) is 56.4 Å². The van der Waals surface area contributed by atoms with Crippen molar-refractivity contribution in [3.63, 3.8) is 0 Å². The summed E-state index contributed by atoms with van der Waals surface area (Å²) >= 11 is 0. The van der Waals surface area contributed by atoms with Crippen molar-refractivity contribution in [2.45, 2.75) is 49.9 Å². The average Bonchev–Trinajstić information content (AvgIpc) is 2.71. The summed E-state index contributed by atoms with van der Waals surface area (Å²) < 4.78 is 78.8. The molecule has 0 atom stereocenters. The summed E-state index contributed by atoms with van der Waals surface area (Å²) in [5.74, 6) is -0.600. The van der Waals surface area contributed by atoms with Crippen LogP contribution in [0.4, 0.5) is 17.1 Å². The van der Waals surface area contributed by atoms with Crippen molar-refractivity contribution in [3.05, 3.63) is 47.5 Å². The number of sulfonamides is 2. The fraction of sp³-hybridized carbons (Fsp3) is 0.304. The van der Waals surface area contributed by atoms with E-state index in [9.17, 15) is 30.4 Å². The zero-order chi connectivity index (χ0) is 28.8. The molecule has 0 aliphatic heterocycles. The lowest BCUT2D eigenvalue weighted by atomic mass is 10.1. The molecule has 11 nitrogen and oxygen atoms in total. The Bertz CT molecular complexity index is 1800. The van der Waals surface area contributed by atoms with E-state index in [2.05, 4.69) is 19.7 Å². The predicted molar refractivity (Wildman–Crippen MR) is 147 cm³/mol. The van der Waals surface area contributed by atoms with Gasteiger partial charge in [0, 0.05) is 27.0 Å². The quantitative estimate of drug-likeness (QED) is 0.253. The summed E-state index contributed by atoms with van der Waals surface area (Å²) in [5, 5.41) is 19.5. The van der Waals surface area contributed by atoms with Gasteiger partial charge in [-0.1, -0.05) is 12.1 Å². The molecule has 206 valence electrons. The highest BCUT2D eigenvalue weighted by molar-refractivity contribution is 8.13. The molecule has 0 saturated carbocycles. The van der Waals surface area contributed by atoms with Gasteiger partial charge in [0.05, 0.1) is 28.2 Å². The molecule has 0 aliphatic carbocycles. The van der Waals surface area contributed by atoms with Gasteiger partial charge in [-0.3, -0.25) is 4.72 Å². The van der Waals surface area contributed by atoms with Crippen LogP contribution in [-0.2, 0) is 29.1 Å². The number of fused-ring (bicyclic) bond motifs is 1. The SMILES string of the molecule is Cc1cc(S(=O)(=O)Cl)c(C)cc1N=Nc1cc(S(=O)(=O)NC(C)(C)C)c(O)c2cccc(NS(C)(=O)=O)c12. The van der Waals surface area contributed by atoms with Gasteiger partial charge in [0.1, 0.15) is 10.6 Å². The van der Waals surface area contributed by atoms with E-state index in [4.69, 9.17) is 10.7 Å². The molecule has 3 rings (SSSR count). The van der Waals surface area contributed by atoms with Crippen LogP contribution in [0.25, 0.3) is 10.8 Å². The van der Waals surface area contributed by atoms with E-state index < -0.39 is 45.3 Å². The van der Waals surface area contributed by atoms with Crippen LogP contribution in [0.3, 0.4) is 0 Å². The van der Waals surface area contributed by atoms with Crippen molar-refractivity contribution in [3.8, 4) is 5.75 Å². The summed E-state index contributed by atoms with van der Waals surface area (Å²) in [5.41, 5.74) is 0.0911. The summed E-state index contributed by atoms with van der Waals surface area (Å²) in [4.78, 5) is -0.575. The normalized spacial score (nSPS) is 13.3. The maximum absolute atomic E-state index is 13.2. The Morgan fingerprint density at radius 3 is 2.03 bits per heavy atom. The second kappa shape index (κ2) is 10.1. The molecule has 3 aromatic rings. The van der Waals surface area contributed by atoms with E-state index in [1.165, 1.54) is 37.3 Å². The van der Waals surface area contributed by atoms with Crippen molar-refractivity contribution >= 4 is 67.6 Å². The number of aromatic hydroxyl groups is 1. The molecule has 0 aromatic heterocycles. The highest BCUT2D eigenvalue weighted by atomic mass is 35.7. The van der Waals surface area contributed by atoms with Crippen LogP contribution in [-0.4, -0.2) is 42.2 Å². The lowest BCUT2D eigenvalue weighted by molar-refractivity contribution is 0.458. The van der Waals surface area contributed by atoms with Crippen LogP contribution in [0.2, 0.25) is 0 Å². The Morgan fingerprint density at radius 2 is 1.47 bits per heavy atom. The number of phenols is 1. The first-order chi connectivity index (χ1) is 17.2. The Hall–Kier alpha value is -2.78. The molecule has 0 aliphatic rings. The highest BCUT2D eigenvalue weighted by Crippen LogP contribution is 2.43. The fourth-order valence-electron chi connectivity index (χ4n) is 3.70. The second-order valence-electron chi connectivity index (χ2n) is 9.74. The third-order valence-corrected chi connectivity index (χ3v) is 8.95.